The Morgan fingerprint density at radius 2 is 1.78 bits per heavy atom. The number of unbranched alkanes of at least 4 members (excludes halogenated alkanes) is 1. The Hall–Kier alpha value is -1.51. The Morgan fingerprint density at radius 3 is 2.33 bits per heavy atom. The molecule has 18 heavy (non-hydrogen) atoms. The fourth-order valence-electron chi connectivity index (χ4n) is 1.77. The minimum atomic E-state index is 0.0482. The Balaban J connectivity index is 2.47. The van der Waals surface area contributed by atoms with Crippen molar-refractivity contribution in [2.45, 2.75) is 52.5 Å². The van der Waals surface area contributed by atoms with Crippen LogP contribution >= 0.6 is 0 Å². The van der Waals surface area contributed by atoms with Crippen LogP contribution in [-0.4, -0.2) is 11.9 Å². The van der Waals surface area contributed by atoms with Gasteiger partial charge < -0.3 is 10.6 Å². The number of nitrogens with one attached hydrogen (secondary N) is 2. The summed E-state index contributed by atoms with van der Waals surface area (Å²) in [6.07, 6.45) is 4.17. The summed E-state index contributed by atoms with van der Waals surface area (Å²) < 4.78 is 0. The van der Waals surface area contributed by atoms with Crippen molar-refractivity contribution in [1.29, 1.82) is 0 Å². The molecule has 3 heteroatoms. The largest absolute Gasteiger partial charge is 0.383 e. The van der Waals surface area contributed by atoms with Crippen molar-refractivity contribution in [3.05, 3.63) is 24.3 Å². The van der Waals surface area contributed by atoms with Crippen molar-refractivity contribution in [1.82, 2.24) is 0 Å². The molecular weight excluding hydrogens is 224 g/mol. The fraction of sp³-hybridized carbons (Fsp3) is 0.533. The minimum Gasteiger partial charge on any atom is -0.383 e. The monoisotopic (exact) mass is 248 g/mol. The van der Waals surface area contributed by atoms with Gasteiger partial charge in [-0.2, -0.15) is 0 Å². The summed E-state index contributed by atoms with van der Waals surface area (Å²) >= 11 is 0. The second-order valence-corrected chi connectivity index (χ2v) is 4.67. The van der Waals surface area contributed by atoms with Gasteiger partial charge in [0.1, 0.15) is 0 Å². The van der Waals surface area contributed by atoms with Crippen LogP contribution in [0.2, 0.25) is 0 Å². The number of hydrogen-bond donors (Lipinski definition) is 2. The van der Waals surface area contributed by atoms with Gasteiger partial charge in [-0.15, -0.1) is 0 Å². The topological polar surface area (TPSA) is 41.1 Å². The second-order valence-electron chi connectivity index (χ2n) is 4.67. The highest BCUT2D eigenvalue weighted by atomic mass is 16.1. The summed E-state index contributed by atoms with van der Waals surface area (Å²) in [7, 11) is 0. The highest BCUT2D eigenvalue weighted by Crippen LogP contribution is 2.16. The summed E-state index contributed by atoms with van der Waals surface area (Å²) in [6, 6.07) is 8.37. The lowest BCUT2D eigenvalue weighted by Gasteiger charge is -2.15. The molecular formula is C15H24N2O. The maximum Gasteiger partial charge on any atom is 0.224 e. The Morgan fingerprint density at radius 1 is 1.17 bits per heavy atom. The molecule has 3 nitrogen and oxygen atoms in total. The van der Waals surface area contributed by atoms with Crippen LogP contribution in [0.15, 0.2) is 24.3 Å². The molecule has 0 aliphatic carbocycles. The van der Waals surface area contributed by atoms with Gasteiger partial charge in [0.15, 0.2) is 0 Å². The summed E-state index contributed by atoms with van der Waals surface area (Å²) in [5.41, 5.74) is 1.96. The lowest BCUT2D eigenvalue weighted by atomic mass is 10.1. The van der Waals surface area contributed by atoms with Crippen LogP contribution in [0.25, 0.3) is 0 Å². The molecule has 1 amide bonds. The van der Waals surface area contributed by atoms with Gasteiger partial charge in [0.2, 0.25) is 5.91 Å². The van der Waals surface area contributed by atoms with E-state index in [0.717, 1.165) is 11.4 Å². The highest BCUT2D eigenvalue weighted by molar-refractivity contribution is 5.90. The zero-order valence-corrected chi connectivity index (χ0v) is 11.6. The molecule has 0 radical (unpaired) electrons. The molecule has 0 bridgehead atoms. The van der Waals surface area contributed by atoms with E-state index in [2.05, 4.69) is 24.5 Å². The summed E-state index contributed by atoms with van der Waals surface area (Å²) in [4.78, 5) is 11.2. The lowest BCUT2D eigenvalue weighted by Crippen LogP contribution is -2.15. The van der Waals surface area contributed by atoms with E-state index in [0.29, 0.717) is 12.5 Å². The number of anilines is 2. The smallest absolute Gasteiger partial charge is 0.224 e. The molecule has 1 rings (SSSR count). The molecule has 1 aromatic rings. The first-order chi connectivity index (χ1) is 8.65. The van der Waals surface area contributed by atoms with E-state index >= 15 is 0 Å². The van der Waals surface area contributed by atoms with Gasteiger partial charge in [0, 0.05) is 23.8 Å². The van der Waals surface area contributed by atoms with Crippen LogP contribution in [0.4, 0.5) is 11.4 Å². The van der Waals surface area contributed by atoms with Gasteiger partial charge in [0.05, 0.1) is 0 Å². The molecule has 0 heterocycles. The van der Waals surface area contributed by atoms with Crippen molar-refractivity contribution in [2.75, 3.05) is 10.6 Å². The SMILES string of the molecule is CCCCC(C)Nc1ccc(NC(=O)CC)cc1. The maximum atomic E-state index is 11.2. The average molecular weight is 248 g/mol. The summed E-state index contributed by atoms with van der Waals surface area (Å²) in [6.45, 7) is 6.25. The lowest BCUT2D eigenvalue weighted by molar-refractivity contribution is -0.115. The average Bonchev–Trinajstić information content (AvgIpc) is 2.38. The van der Waals surface area contributed by atoms with Crippen molar-refractivity contribution in [3.8, 4) is 0 Å². The highest BCUT2D eigenvalue weighted by Gasteiger charge is 2.02. The minimum absolute atomic E-state index is 0.0482. The summed E-state index contributed by atoms with van der Waals surface area (Å²) in [5, 5.41) is 6.30. The van der Waals surface area contributed by atoms with Gasteiger partial charge in [-0.05, 0) is 37.6 Å². The third kappa shape index (κ3) is 5.21. The van der Waals surface area contributed by atoms with Crippen molar-refractivity contribution in [3.63, 3.8) is 0 Å². The first kappa shape index (κ1) is 14.6. The third-order valence-electron chi connectivity index (χ3n) is 2.89. The Labute approximate surface area is 110 Å². The predicted molar refractivity (Wildman–Crippen MR) is 78.0 cm³/mol. The van der Waals surface area contributed by atoms with Crippen LogP contribution in [0, 0.1) is 0 Å². The van der Waals surface area contributed by atoms with E-state index in [-0.39, 0.29) is 5.91 Å². The molecule has 0 spiro atoms. The number of hydrogen-bond acceptors (Lipinski definition) is 2. The van der Waals surface area contributed by atoms with Crippen LogP contribution in [0.3, 0.4) is 0 Å². The number of amides is 1. The summed E-state index contributed by atoms with van der Waals surface area (Å²) in [5.74, 6) is 0.0482. The van der Waals surface area contributed by atoms with Gasteiger partial charge in [-0.3, -0.25) is 4.79 Å². The predicted octanol–water partition coefficient (Wildman–Crippen LogP) is 4.03. The number of benzene rings is 1. The molecule has 1 atom stereocenters. The number of carbonyl (C=O) groups is 1. The van der Waals surface area contributed by atoms with Crippen LogP contribution in [0.1, 0.15) is 46.5 Å². The molecule has 0 aliphatic heterocycles. The molecule has 0 fully saturated rings. The van der Waals surface area contributed by atoms with E-state index in [9.17, 15) is 4.79 Å². The first-order valence-corrected chi connectivity index (χ1v) is 6.82. The maximum absolute atomic E-state index is 11.2. The normalized spacial score (nSPS) is 11.9. The molecule has 0 aromatic heterocycles. The standard InChI is InChI=1S/C15H24N2O/c1-4-6-7-12(3)16-13-8-10-14(11-9-13)17-15(18)5-2/h8-12,16H,4-7H2,1-3H3,(H,17,18). The molecule has 2 N–H and O–H groups in total. The molecule has 1 aromatic carbocycles. The zero-order valence-electron chi connectivity index (χ0n) is 11.6. The first-order valence-electron chi connectivity index (χ1n) is 6.82. The van der Waals surface area contributed by atoms with Gasteiger partial charge in [0.25, 0.3) is 0 Å². The Kier molecular flexibility index (Phi) is 6.26. The second kappa shape index (κ2) is 7.75. The van der Waals surface area contributed by atoms with E-state index < -0.39 is 0 Å². The third-order valence-corrected chi connectivity index (χ3v) is 2.89. The number of rotatable bonds is 7. The fourth-order valence-corrected chi connectivity index (χ4v) is 1.77. The molecule has 0 saturated heterocycles. The van der Waals surface area contributed by atoms with Crippen LogP contribution in [0.5, 0.6) is 0 Å². The number of carbonyl (C=O) groups excluding carboxylic acids is 1. The van der Waals surface area contributed by atoms with E-state index in [1.54, 1.807) is 0 Å². The van der Waals surface area contributed by atoms with Crippen molar-refractivity contribution >= 4 is 17.3 Å². The van der Waals surface area contributed by atoms with E-state index in [1.807, 2.05) is 31.2 Å². The Bertz CT molecular complexity index is 359. The van der Waals surface area contributed by atoms with Crippen molar-refractivity contribution in [2.24, 2.45) is 0 Å². The van der Waals surface area contributed by atoms with Gasteiger partial charge in [-0.25, -0.2) is 0 Å². The van der Waals surface area contributed by atoms with Crippen LogP contribution < -0.4 is 10.6 Å². The molecule has 0 aliphatic rings. The van der Waals surface area contributed by atoms with Gasteiger partial charge >= 0.3 is 0 Å². The quantitative estimate of drug-likeness (QED) is 0.765. The van der Waals surface area contributed by atoms with E-state index in [4.69, 9.17) is 0 Å². The van der Waals surface area contributed by atoms with Crippen LogP contribution in [-0.2, 0) is 4.79 Å². The van der Waals surface area contributed by atoms with E-state index in [1.165, 1.54) is 19.3 Å². The molecule has 0 saturated carbocycles. The molecule has 1 unspecified atom stereocenters. The van der Waals surface area contributed by atoms with Gasteiger partial charge in [-0.1, -0.05) is 26.7 Å². The molecule has 100 valence electrons. The zero-order chi connectivity index (χ0) is 13.4. The van der Waals surface area contributed by atoms with Crippen molar-refractivity contribution < 1.29 is 4.79 Å².